The van der Waals surface area contributed by atoms with Crippen LogP contribution >= 0.6 is 0 Å². The van der Waals surface area contributed by atoms with E-state index < -0.39 is 0 Å². The standard InChI is InChI=1S/C14H24N4O2/c1-4-15-13-6-5-12(17-18-13)14(19)16-8-10-20-9-7-11(2)3/h5-6,11H,4,7-10H2,1-3H3,(H,15,18)(H,16,19). The average Bonchev–Trinajstić information content (AvgIpc) is 2.43. The number of nitrogens with one attached hydrogen (secondary N) is 2. The van der Waals surface area contributed by atoms with Gasteiger partial charge in [0.1, 0.15) is 5.82 Å². The molecule has 1 rings (SSSR count). The summed E-state index contributed by atoms with van der Waals surface area (Å²) in [4.78, 5) is 11.8. The summed E-state index contributed by atoms with van der Waals surface area (Å²) >= 11 is 0. The van der Waals surface area contributed by atoms with E-state index in [4.69, 9.17) is 4.74 Å². The molecule has 0 fully saturated rings. The molecule has 1 amide bonds. The van der Waals surface area contributed by atoms with E-state index >= 15 is 0 Å². The molecule has 0 aliphatic carbocycles. The SMILES string of the molecule is CCNc1ccc(C(=O)NCCOCCC(C)C)nn1. The van der Waals surface area contributed by atoms with Crippen LogP contribution in [0, 0.1) is 5.92 Å². The van der Waals surface area contributed by atoms with E-state index in [2.05, 4.69) is 34.7 Å². The number of aromatic nitrogens is 2. The lowest BCUT2D eigenvalue weighted by Crippen LogP contribution is -2.28. The lowest BCUT2D eigenvalue weighted by atomic mass is 10.1. The Labute approximate surface area is 120 Å². The number of anilines is 1. The van der Waals surface area contributed by atoms with Gasteiger partial charge in [-0.3, -0.25) is 4.79 Å². The molecule has 0 saturated carbocycles. The van der Waals surface area contributed by atoms with Crippen molar-refractivity contribution < 1.29 is 9.53 Å². The lowest BCUT2D eigenvalue weighted by molar-refractivity contribution is 0.0900. The fraction of sp³-hybridized carbons (Fsp3) is 0.643. The first kappa shape index (κ1) is 16.4. The van der Waals surface area contributed by atoms with Crippen molar-refractivity contribution >= 4 is 11.7 Å². The van der Waals surface area contributed by atoms with Crippen LogP contribution in [0.5, 0.6) is 0 Å². The zero-order valence-corrected chi connectivity index (χ0v) is 12.5. The van der Waals surface area contributed by atoms with E-state index in [1.165, 1.54) is 0 Å². The number of hydrogen-bond acceptors (Lipinski definition) is 5. The Kier molecular flexibility index (Phi) is 7.57. The van der Waals surface area contributed by atoms with Gasteiger partial charge in [0.25, 0.3) is 5.91 Å². The zero-order valence-electron chi connectivity index (χ0n) is 12.5. The Balaban J connectivity index is 2.22. The summed E-state index contributed by atoms with van der Waals surface area (Å²) in [5.74, 6) is 1.07. The maximum Gasteiger partial charge on any atom is 0.271 e. The van der Waals surface area contributed by atoms with Crippen molar-refractivity contribution in [1.82, 2.24) is 15.5 Å². The third kappa shape index (κ3) is 6.47. The maximum atomic E-state index is 11.8. The Morgan fingerprint density at radius 1 is 1.30 bits per heavy atom. The quantitative estimate of drug-likeness (QED) is 0.673. The van der Waals surface area contributed by atoms with Gasteiger partial charge < -0.3 is 15.4 Å². The van der Waals surface area contributed by atoms with Crippen molar-refractivity contribution in [3.05, 3.63) is 17.8 Å². The molecule has 6 heteroatoms. The highest BCUT2D eigenvalue weighted by atomic mass is 16.5. The molecule has 0 aliphatic heterocycles. The second kappa shape index (κ2) is 9.25. The highest BCUT2D eigenvalue weighted by molar-refractivity contribution is 5.92. The van der Waals surface area contributed by atoms with Crippen molar-refractivity contribution in [2.45, 2.75) is 27.2 Å². The molecule has 0 atom stereocenters. The number of rotatable bonds is 9. The van der Waals surface area contributed by atoms with Gasteiger partial charge in [-0.05, 0) is 31.4 Å². The van der Waals surface area contributed by atoms with Crippen LogP contribution in [0.1, 0.15) is 37.7 Å². The second-order valence-electron chi connectivity index (χ2n) is 4.88. The molecule has 0 radical (unpaired) electrons. The Bertz CT molecular complexity index is 393. The third-order valence-electron chi connectivity index (χ3n) is 2.63. The van der Waals surface area contributed by atoms with Gasteiger partial charge in [0.05, 0.1) is 6.61 Å². The summed E-state index contributed by atoms with van der Waals surface area (Å²) in [6.07, 6.45) is 1.03. The van der Waals surface area contributed by atoms with Crippen molar-refractivity contribution in [2.24, 2.45) is 5.92 Å². The fourth-order valence-electron chi connectivity index (χ4n) is 1.48. The molecule has 6 nitrogen and oxygen atoms in total. The summed E-state index contributed by atoms with van der Waals surface area (Å²) in [6, 6.07) is 3.39. The first-order valence-electron chi connectivity index (χ1n) is 7.07. The van der Waals surface area contributed by atoms with Gasteiger partial charge in [0.2, 0.25) is 0 Å². The molecular formula is C14H24N4O2. The monoisotopic (exact) mass is 280 g/mol. The zero-order chi connectivity index (χ0) is 14.8. The minimum absolute atomic E-state index is 0.229. The van der Waals surface area contributed by atoms with E-state index in [9.17, 15) is 4.79 Å². The van der Waals surface area contributed by atoms with Gasteiger partial charge in [-0.2, -0.15) is 0 Å². The van der Waals surface area contributed by atoms with Gasteiger partial charge in [0, 0.05) is 19.7 Å². The Morgan fingerprint density at radius 2 is 2.10 bits per heavy atom. The van der Waals surface area contributed by atoms with Crippen LogP contribution in [0.3, 0.4) is 0 Å². The van der Waals surface area contributed by atoms with Crippen LogP contribution < -0.4 is 10.6 Å². The summed E-state index contributed by atoms with van der Waals surface area (Å²) in [7, 11) is 0. The first-order valence-corrected chi connectivity index (χ1v) is 7.07. The highest BCUT2D eigenvalue weighted by Crippen LogP contribution is 2.01. The predicted molar refractivity (Wildman–Crippen MR) is 78.8 cm³/mol. The number of nitrogens with zero attached hydrogens (tertiary/aromatic N) is 2. The summed E-state index contributed by atoms with van der Waals surface area (Å²) in [5.41, 5.74) is 0.314. The average molecular weight is 280 g/mol. The first-order chi connectivity index (χ1) is 9.63. The topological polar surface area (TPSA) is 76.1 Å². The number of carbonyl (C=O) groups is 1. The number of hydrogen-bond donors (Lipinski definition) is 2. The third-order valence-corrected chi connectivity index (χ3v) is 2.63. The van der Waals surface area contributed by atoms with Crippen molar-refractivity contribution in [3.8, 4) is 0 Å². The lowest BCUT2D eigenvalue weighted by Gasteiger charge is -2.07. The minimum atomic E-state index is -0.229. The highest BCUT2D eigenvalue weighted by Gasteiger charge is 2.07. The van der Waals surface area contributed by atoms with Gasteiger partial charge >= 0.3 is 0 Å². The molecule has 1 heterocycles. The van der Waals surface area contributed by atoms with E-state index in [1.54, 1.807) is 12.1 Å². The van der Waals surface area contributed by atoms with E-state index in [1.807, 2.05) is 6.92 Å². The summed E-state index contributed by atoms with van der Waals surface area (Å²) in [6.45, 7) is 8.77. The molecule has 0 spiro atoms. The van der Waals surface area contributed by atoms with Crippen LogP contribution in [-0.4, -0.2) is 42.4 Å². The molecule has 2 N–H and O–H groups in total. The van der Waals surface area contributed by atoms with Gasteiger partial charge in [-0.1, -0.05) is 13.8 Å². The van der Waals surface area contributed by atoms with E-state index in [0.717, 1.165) is 19.6 Å². The Hall–Kier alpha value is -1.69. The molecular weight excluding hydrogens is 256 g/mol. The number of carbonyl (C=O) groups excluding carboxylic acids is 1. The molecule has 1 aromatic rings. The summed E-state index contributed by atoms with van der Waals surface area (Å²) in [5, 5.41) is 13.6. The molecule has 1 aromatic heterocycles. The van der Waals surface area contributed by atoms with Crippen LogP contribution in [0.4, 0.5) is 5.82 Å². The molecule has 0 bridgehead atoms. The molecule has 20 heavy (non-hydrogen) atoms. The van der Waals surface area contributed by atoms with Crippen LogP contribution in [0.25, 0.3) is 0 Å². The fourth-order valence-corrected chi connectivity index (χ4v) is 1.48. The predicted octanol–water partition coefficient (Wildman–Crippen LogP) is 1.70. The van der Waals surface area contributed by atoms with Crippen molar-refractivity contribution in [3.63, 3.8) is 0 Å². The largest absolute Gasteiger partial charge is 0.380 e. The molecule has 0 unspecified atom stereocenters. The second-order valence-corrected chi connectivity index (χ2v) is 4.88. The van der Waals surface area contributed by atoms with E-state index in [-0.39, 0.29) is 5.91 Å². The van der Waals surface area contributed by atoms with E-state index in [0.29, 0.717) is 30.6 Å². The van der Waals surface area contributed by atoms with Crippen LogP contribution in [0.15, 0.2) is 12.1 Å². The maximum absolute atomic E-state index is 11.8. The Morgan fingerprint density at radius 3 is 2.70 bits per heavy atom. The van der Waals surface area contributed by atoms with Crippen LogP contribution in [0.2, 0.25) is 0 Å². The van der Waals surface area contributed by atoms with Crippen molar-refractivity contribution in [2.75, 3.05) is 31.6 Å². The van der Waals surface area contributed by atoms with Crippen molar-refractivity contribution in [1.29, 1.82) is 0 Å². The summed E-state index contributed by atoms with van der Waals surface area (Å²) < 4.78 is 5.42. The van der Waals surface area contributed by atoms with Gasteiger partial charge in [0.15, 0.2) is 5.69 Å². The normalized spacial score (nSPS) is 10.6. The molecule has 0 aliphatic rings. The van der Waals surface area contributed by atoms with Gasteiger partial charge in [-0.15, -0.1) is 10.2 Å². The molecule has 112 valence electrons. The smallest absolute Gasteiger partial charge is 0.271 e. The van der Waals surface area contributed by atoms with Gasteiger partial charge in [-0.25, -0.2) is 0 Å². The molecule has 0 aromatic carbocycles. The number of amides is 1. The number of ether oxygens (including phenoxy) is 1. The minimum Gasteiger partial charge on any atom is -0.380 e. The molecule has 0 saturated heterocycles. The van der Waals surface area contributed by atoms with Crippen LogP contribution in [-0.2, 0) is 4.74 Å².